The van der Waals surface area contributed by atoms with Crippen molar-refractivity contribution in [1.82, 2.24) is 0 Å². The van der Waals surface area contributed by atoms with Gasteiger partial charge in [-0.2, -0.15) is 0 Å². The van der Waals surface area contributed by atoms with Crippen LogP contribution in [-0.4, -0.2) is 5.78 Å². The molecule has 4 aromatic carbocycles. The first-order valence-electron chi connectivity index (χ1n) is 13.1. The van der Waals surface area contributed by atoms with E-state index in [1.54, 1.807) is 0 Å². The van der Waals surface area contributed by atoms with Crippen LogP contribution in [0.2, 0.25) is 0 Å². The smallest absolute Gasteiger partial charge is 0.166 e. The molecule has 1 aliphatic rings. The second-order valence-electron chi connectivity index (χ2n) is 9.97. The third kappa shape index (κ3) is 4.02. The van der Waals surface area contributed by atoms with Gasteiger partial charge in [-0.3, -0.25) is 4.79 Å². The van der Waals surface area contributed by atoms with E-state index in [0.29, 0.717) is 6.42 Å². The Morgan fingerprint density at radius 2 is 1.11 bits per heavy atom. The molecule has 0 atom stereocenters. The van der Waals surface area contributed by atoms with Crippen LogP contribution in [0.15, 0.2) is 99.6 Å². The molecule has 4 aromatic rings. The number of carbonyl (C=O) groups excluding carboxylic acids is 1. The Labute approximate surface area is 218 Å². The van der Waals surface area contributed by atoms with Gasteiger partial charge >= 0.3 is 0 Å². The minimum absolute atomic E-state index is 0.0692. The summed E-state index contributed by atoms with van der Waals surface area (Å²) >= 11 is 0. The molecule has 182 valence electrons. The fraction of sp³-hybridized carbons (Fsp3) is 0.265. The van der Waals surface area contributed by atoms with E-state index in [2.05, 4.69) is 107 Å². The van der Waals surface area contributed by atoms with Gasteiger partial charge in [0.1, 0.15) is 0 Å². The number of fused-ring (bicyclic) bond motifs is 3. The third-order valence-corrected chi connectivity index (χ3v) is 10.1. The minimum atomic E-state index is -0.193. The van der Waals surface area contributed by atoms with Gasteiger partial charge in [-0.15, -0.1) is 0 Å². The molecular weight excluding hydrogens is 456 g/mol. The molecule has 0 N–H and O–H groups in total. The highest BCUT2D eigenvalue weighted by Gasteiger charge is 2.42. The second kappa shape index (κ2) is 9.75. The lowest BCUT2D eigenvalue weighted by Crippen LogP contribution is -2.24. The summed E-state index contributed by atoms with van der Waals surface area (Å²) in [4.78, 5) is 16.6. The molecule has 0 saturated heterocycles. The van der Waals surface area contributed by atoms with Crippen LogP contribution in [0.3, 0.4) is 0 Å². The van der Waals surface area contributed by atoms with E-state index in [1.807, 2.05) is 13.0 Å². The van der Waals surface area contributed by atoms with E-state index < -0.39 is 0 Å². The van der Waals surface area contributed by atoms with Gasteiger partial charge in [-0.25, -0.2) is 0 Å². The van der Waals surface area contributed by atoms with Crippen molar-refractivity contribution in [3.8, 4) is 11.1 Å². The summed E-state index contributed by atoms with van der Waals surface area (Å²) in [7, 11) is -0.193. The topological polar surface area (TPSA) is 17.1 Å². The first-order valence-corrected chi connectivity index (χ1v) is 14.3. The van der Waals surface area contributed by atoms with Gasteiger partial charge < -0.3 is 0 Å². The summed E-state index contributed by atoms with van der Waals surface area (Å²) < 4.78 is 0. The van der Waals surface area contributed by atoms with Crippen molar-refractivity contribution < 1.29 is 4.79 Å². The summed E-state index contributed by atoms with van der Waals surface area (Å²) in [5, 5.41) is 0. The molecule has 2 heteroatoms. The standard InChI is InChI=1S/C34H35OS/c1-6-33(35)25-13-19-29-30-20-18-28(22-32(30)34(7-2,8-3)31(29)21-25)36(26-14-9-23(4)10-15-26)27-16-11-24(5)12-17-27/h9-22H,6-8H2,1-5H3/q+1. The van der Waals surface area contributed by atoms with Gasteiger partial charge in [0.05, 0.1) is 10.9 Å². The molecule has 0 bridgehead atoms. The average molecular weight is 492 g/mol. The molecule has 0 spiro atoms. The van der Waals surface area contributed by atoms with Gasteiger partial charge in [0.25, 0.3) is 0 Å². The Balaban J connectivity index is 1.70. The van der Waals surface area contributed by atoms with Crippen LogP contribution in [0.5, 0.6) is 0 Å². The average Bonchev–Trinajstić information content (AvgIpc) is 3.19. The third-order valence-electron chi connectivity index (χ3n) is 7.93. The zero-order chi connectivity index (χ0) is 25.4. The molecule has 0 radical (unpaired) electrons. The highest BCUT2D eigenvalue weighted by atomic mass is 32.2. The van der Waals surface area contributed by atoms with Gasteiger partial charge in [-0.05, 0) is 97.5 Å². The molecule has 1 nitrogen and oxygen atoms in total. The van der Waals surface area contributed by atoms with Gasteiger partial charge in [0, 0.05) is 17.4 Å². The molecule has 1 aliphatic carbocycles. The van der Waals surface area contributed by atoms with Gasteiger partial charge in [0.15, 0.2) is 20.5 Å². The van der Waals surface area contributed by atoms with Crippen molar-refractivity contribution in [1.29, 1.82) is 0 Å². The van der Waals surface area contributed by atoms with Crippen LogP contribution in [0.25, 0.3) is 11.1 Å². The van der Waals surface area contributed by atoms with Crippen molar-refractivity contribution in [2.45, 2.75) is 74.0 Å². The quantitative estimate of drug-likeness (QED) is 0.186. The Kier molecular flexibility index (Phi) is 6.66. The highest BCUT2D eigenvalue weighted by Crippen LogP contribution is 2.53. The number of ketones is 1. The molecule has 0 saturated carbocycles. The predicted molar refractivity (Wildman–Crippen MR) is 152 cm³/mol. The number of hydrogen-bond donors (Lipinski definition) is 0. The van der Waals surface area contributed by atoms with Crippen LogP contribution < -0.4 is 0 Å². The SMILES string of the molecule is CCC(=O)c1ccc2c(c1)C(CC)(CC)c1cc([S+](c3ccc(C)cc3)c3ccc(C)cc3)ccc1-2. The normalized spacial score (nSPS) is 13.5. The maximum atomic E-state index is 12.6. The van der Waals surface area contributed by atoms with Crippen molar-refractivity contribution in [2.24, 2.45) is 0 Å². The van der Waals surface area contributed by atoms with E-state index >= 15 is 0 Å². The van der Waals surface area contributed by atoms with Crippen LogP contribution in [0.1, 0.15) is 72.6 Å². The molecule has 0 unspecified atom stereocenters. The Morgan fingerprint density at radius 1 is 0.639 bits per heavy atom. The lowest BCUT2D eigenvalue weighted by molar-refractivity contribution is 0.0988. The number of carbonyl (C=O) groups is 1. The number of hydrogen-bond acceptors (Lipinski definition) is 1. The summed E-state index contributed by atoms with van der Waals surface area (Å²) in [5.74, 6) is 0.218. The van der Waals surface area contributed by atoms with Gasteiger partial charge in [-0.1, -0.05) is 68.3 Å². The summed E-state index contributed by atoms with van der Waals surface area (Å²) in [6, 6.07) is 31.6. The van der Waals surface area contributed by atoms with E-state index in [-0.39, 0.29) is 22.1 Å². The first-order chi connectivity index (χ1) is 17.4. The zero-order valence-corrected chi connectivity index (χ0v) is 22.8. The molecule has 0 heterocycles. The highest BCUT2D eigenvalue weighted by molar-refractivity contribution is 7.97. The summed E-state index contributed by atoms with van der Waals surface area (Å²) in [6.07, 6.45) is 2.57. The molecule has 0 fully saturated rings. The molecule has 0 amide bonds. The largest absolute Gasteiger partial charge is 0.294 e. The summed E-state index contributed by atoms with van der Waals surface area (Å²) in [5.41, 5.74) is 8.69. The zero-order valence-electron chi connectivity index (χ0n) is 22.0. The van der Waals surface area contributed by atoms with E-state index in [0.717, 1.165) is 18.4 Å². The molecule has 0 aliphatic heterocycles. The maximum absolute atomic E-state index is 12.6. The van der Waals surface area contributed by atoms with E-state index in [4.69, 9.17) is 0 Å². The molecular formula is C34H35OS+. The first kappa shape index (κ1) is 24.6. The number of rotatable bonds is 7. The van der Waals surface area contributed by atoms with Crippen molar-refractivity contribution in [2.75, 3.05) is 0 Å². The number of aryl methyl sites for hydroxylation is 2. The van der Waals surface area contributed by atoms with E-state index in [1.165, 1.54) is 48.1 Å². The van der Waals surface area contributed by atoms with Crippen LogP contribution in [0.4, 0.5) is 0 Å². The fourth-order valence-corrected chi connectivity index (χ4v) is 7.82. The minimum Gasteiger partial charge on any atom is -0.294 e. The summed E-state index contributed by atoms with van der Waals surface area (Å²) in [6.45, 7) is 10.8. The Hall–Kier alpha value is -3.10. The van der Waals surface area contributed by atoms with Crippen LogP contribution >= 0.6 is 0 Å². The predicted octanol–water partition coefficient (Wildman–Crippen LogP) is 9.08. The lowest BCUT2D eigenvalue weighted by Gasteiger charge is -2.30. The number of benzene rings is 4. The van der Waals surface area contributed by atoms with Crippen molar-refractivity contribution >= 4 is 16.7 Å². The van der Waals surface area contributed by atoms with Crippen molar-refractivity contribution in [3.05, 3.63) is 113 Å². The fourth-order valence-electron chi connectivity index (χ4n) is 5.75. The second-order valence-corrected chi connectivity index (χ2v) is 12.0. The molecule has 5 rings (SSSR count). The Morgan fingerprint density at radius 3 is 1.61 bits per heavy atom. The monoisotopic (exact) mass is 491 g/mol. The van der Waals surface area contributed by atoms with Crippen LogP contribution in [0, 0.1) is 13.8 Å². The molecule has 0 aromatic heterocycles. The Bertz CT molecular complexity index is 1360. The molecule has 36 heavy (non-hydrogen) atoms. The maximum Gasteiger partial charge on any atom is 0.166 e. The van der Waals surface area contributed by atoms with Gasteiger partial charge in [0.2, 0.25) is 0 Å². The van der Waals surface area contributed by atoms with Crippen LogP contribution in [-0.2, 0) is 16.3 Å². The van der Waals surface area contributed by atoms with E-state index in [9.17, 15) is 4.79 Å². The van der Waals surface area contributed by atoms with Crippen molar-refractivity contribution in [3.63, 3.8) is 0 Å². The lowest BCUT2D eigenvalue weighted by atomic mass is 9.73. The number of Topliss-reactive ketones (excluding diaryl/α,β-unsaturated/α-hetero) is 1.